The molecule has 35 heavy (non-hydrogen) atoms. The second-order valence-corrected chi connectivity index (χ2v) is 9.89. The van der Waals surface area contributed by atoms with Crippen LogP contribution in [0.4, 0.5) is 5.69 Å². The summed E-state index contributed by atoms with van der Waals surface area (Å²) >= 11 is 0. The van der Waals surface area contributed by atoms with Gasteiger partial charge in [-0.15, -0.1) is 0 Å². The molecule has 9 heteroatoms. The first-order valence-electron chi connectivity index (χ1n) is 10.9. The molecule has 3 aromatic carbocycles. The Balaban J connectivity index is 1.53. The normalized spacial score (nSPS) is 14.8. The van der Waals surface area contributed by atoms with E-state index >= 15 is 0 Å². The molecule has 0 bridgehead atoms. The van der Waals surface area contributed by atoms with Gasteiger partial charge < -0.3 is 14.2 Å². The van der Waals surface area contributed by atoms with Crippen molar-refractivity contribution < 1.29 is 32.2 Å². The first-order valence-corrected chi connectivity index (χ1v) is 12.3. The second-order valence-electron chi connectivity index (χ2n) is 8.08. The molecule has 1 aliphatic rings. The smallest absolute Gasteiger partial charge is 0.338 e. The maximum absolute atomic E-state index is 13.5. The Hall–Kier alpha value is -3.85. The minimum Gasteiger partial charge on any atom is -0.497 e. The van der Waals surface area contributed by atoms with Crippen molar-refractivity contribution in [2.24, 2.45) is 0 Å². The number of benzene rings is 3. The Kier molecular flexibility index (Phi) is 6.79. The fourth-order valence-corrected chi connectivity index (χ4v) is 5.86. The summed E-state index contributed by atoms with van der Waals surface area (Å²) in [6.07, 6.45) is 0.604. The average Bonchev–Trinajstić information content (AvgIpc) is 3.23. The van der Waals surface area contributed by atoms with Crippen molar-refractivity contribution in [3.63, 3.8) is 0 Å². The molecule has 1 aliphatic heterocycles. The van der Waals surface area contributed by atoms with Gasteiger partial charge in [-0.25, -0.2) is 13.2 Å². The molecule has 0 aliphatic carbocycles. The standard InChI is InChI=1S/C26H25NO7S/c1-17-13-18-7-4-5-10-23(18)27(17)35(30,31)21-9-6-8-19(14-21)26(29)34-16-24(28)22-15-20(32-2)11-12-25(22)33-3/h4-12,14-15,17H,13,16H2,1-3H3. The second kappa shape index (κ2) is 9.79. The number of nitrogens with zero attached hydrogens (tertiary/aromatic N) is 1. The number of anilines is 1. The van der Waals surface area contributed by atoms with Gasteiger partial charge >= 0.3 is 5.97 Å². The van der Waals surface area contributed by atoms with Crippen LogP contribution < -0.4 is 13.8 Å². The Morgan fingerprint density at radius 1 is 0.971 bits per heavy atom. The topological polar surface area (TPSA) is 99.2 Å². The van der Waals surface area contributed by atoms with Gasteiger partial charge in [0.1, 0.15) is 11.5 Å². The minimum atomic E-state index is -3.92. The molecule has 1 unspecified atom stereocenters. The molecule has 8 nitrogen and oxygen atoms in total. The molecule has 182 valence electrons. The van der Waals surface area contributed by atoms with Crippen molar-refractivity contribution in [1.82, 2.24) is 0 Å². The average molecular weight is 496 g/mol. The largest absolute Gasteiger partial charge is 0.497 e. The molecule has 0 saturated carbocycles. The summed E-state index contributed by atoms with van der Waals surface area (Å²) in [6, 6.07) is 17.4. The molecule has 4 rings (SSSR count). The fourth-order valence-electron chi connectivity index (χ4n) is 4.12. The quantitative estimate of drug-likeness (QED) is 0.345. The lowest BCUT2D eigenvalue weighted by Gasteiger charge is -2.24. The van der Waals surface area contributed by atoms with E-state index < -0.39 is 28.4 Å². The molecule has 0 aromatic heterocycles. The molecule has 0 radical (unpaired) electrons. The van der Waals surface area contributed by atoms with Crippen LogP contribution in [0, 0.1) is 0 Å². The van der Waals surface area contributed by atoms with Gasteiger partial charge in [0.25, 0.3) is 10.0 Å². The predicted molar refractivity (Wildman–Crippen MR) is 130 cm³/mol. The van der Waals surface area contributed by atoms with E-state index in [0.29, 0.717) is 23.6 Å². The number of ketones is 1. The van der Waals surface area contributed by atoms with Gasteiger partial charge in [0, 0.05) is 6.04 Å². The lowest BCUT2D eigenvalue weighted by Crippen LogP contribution is -2.35. The highest BCUT2D eigenvalue weighted by atomic mass is 32.2. The number of hydrogen-bond donors (Lipinski definition) is 0. The monoisotopic (exact) mass is 495 g/mol. The maximum atomic E-state index is 13.5. The number of ether oxygens (including phenoxy) is 3. The van der Waals surface area contributed by atoms with Gasteiger partial charge in [0.2, 0.25) is 5.78 Å². The van der Waals surface area contributed by atoms with E-state index in [1.165, 1.54) is 48.9 Å². The number of sulfonamides is 1. The molecule has 0 spiro atoms. The Labute approximate surface area is 204 Å². The Morgan fingerprint density at radius 3 is 2.49 bits per heavy atom. The molecule has 1 heterocycles. The van der Waals surface area contributed by atoms with Crippen molar-refractivity contribution in [2.75, 3.05) is 25.1 Å². The highest BCUT2D eigenvalue weighted by molar-refractivity contribution is 7.92. The van der Waals surface area contributed by atoms with E-state index in [4.69, 9.17) is 14.2 Å². The molecule has 3 aromatic rings. The summed E-state index contributed by atoms with van der Waals surface area (Å²) < 4.78 is 43.8. The zero-order valence-corrected chi connectivity index (χ0v) is 20.4. The number of esters is 1. The highest BCUT2D eigenvalue weighted by Crippen LogP contribution is 2.36. The van der Waals surface area contributed by atoms with Crippen LogP contribution in [0.5, 0.6) is 11.5 Å². The zero-order valence-electron chi connectivity index (χ0n) is 19.6. The van der Waals surface area contributed by atoms with E-state index in [2.05, 4.69) is 0 Å². The minimum absolute atomic E-state index is 0.0246. The summed E-state index contributed by atoms with van der Waals surface area (Å²) in [5.41, 5.74) is 1.81. The Morgan fingerprint density at radius 2 is 1.74 bits per heavy atom. The van der Waals surface area contributed by atoms with E-state index in [1.807, 2.05) is 19.1 Å². The van der Waals surface area contributed by atoms with Crippen LogP contribution in [-0.2, 0) is 21.2 Å². The van der Waals surface area contributed by atoms with E-state index in [0.717, 1.165) is 5.56 Å². The maximum Gasteiger partial charge on any atom is 0.338 e. The SMILES string of the molecule is COc1ccc(OC)c(C(=O)COC(=O)c2cccc(S(=O)(=O)N3c4ccccc4CC3C)c2)c1. The van der Waals surface area contributed by atoms with Crippen LogP contribution in [0.25, 0.3) is 0 Å². The van der Waals surface area contributed by atoms with Crippen LogP contribution in [-0.4, -0.2) is 47.0 Å². The van der Waals surface area contributed by atoms with Gasteiger partial charge in [0.05, 0.1) is 35.9 Å². The van der Waals surface area contributed by atoms with Gasteiger partial charge in [0.15, 0.2) is 6.61 Å². The molecular weight excluding hydrogens is 470 g/mol. The van der Waals surface area contributed by atoms with E-state index in [-0.39, 0.29) is 22.1 Å². The van der Waals surface area contributed by atoms with Crippen LogP contribution in [0.15, 0.2) is 71.6 Å². The number of carbonyl (C=O) groups excluding carboxylic acids is 2. The van der Waals surface area contributed by atoms with Crippen LogP contribution in [0.3, 0.4) is 0 Å². The zero-order chi connectivity index (χ0) is 25.2. The third kappa shape index (κ3) is 4.72. The summed E-state index contributed by atoms with van der Waals surface area (Å²) in [7, 11) is -1.02. The molecule has 1 atom stereocenters. The number of hydrogen-bond acceptors (Lipinski definition) is 7. The summed E-state index contributed by atoms with van der Waals surface area (Å²) in [5, 5.41) is 0. The van der Waals surface area contributed by atoms with Crippen LogP contribution in [0.1, 0.15) is 33.2 Å². The van der Waals surface area contributed by atoms with Crippen molar-refractivity contribution >= 4 is 27.5 Å². The van der Waals surface area contributed by atoms with Crippen molar-refractivity contribution in [2.45, 2.75) is 24.3 Å². The van der Waals surface area contributed by atoms with E-state index in [1.54, 1.807) is 24.3 Å². The van der Waals surface area contributed by atoms with Crippen molar-refractivity contribution in [3.8, 4) is 11.5 Å². The first kappa shape index (κ1) is 24.3. The van der Waals surface area contributed by atoms with E-state index in [9.17, 15) is 18.0 Å². The molecule has 0 saturated heterocycles. The van der Waals surface area contributed by atoms with Gasteiger partial charge in [-0.3, -0.25) is 9.10 Å². The van der Waals surface area contributed by atoms with Crippen LogP contribution >= 0.6 is 0 Å². The third-order valence-electron chi connectivity index (χ3n) is 5.81. The van der Waals surface area contributed by atoms with Crippen LogP contribution in [0.2, 0.25) is 0 Å². The number of para-hydroxylation sites is 1. The molecule has 0 N–H and O–H groups in total. The number of carbonyl (C=O) groups is 2. The fraction of sp³-hybridized carbons (Fsp3) is 0.231. The summed E-state index contributed by atoms with van der Waals surface area (Å²) in [5.74, 6) is -0.524. The molecule has 0 amide bonds. The predicted octanol–water partition coefficient (Wildman–Crippen LogP) is 3.88. The Bertz CT molecular complexity index is 1380. The number of rotatable bonds is 8. The van der Waals surface area contributed by atoms with Crippen molar-refractivity contribution in [3.05, 3.63) is 83.4 Å². The lowest BCUT2D eigenvalue weighted by atomic mass is 10.1. The lowest BCUT2D eigenvalue weighted by molar-refractivity contribution is 0.0473. The van der Waals surface area contributed by atoms with Gasteiger partial charge in [-0.05, 0) is 61.4 Å². The first-order chi connectivity index (χ1) is 16.8. The number of Topliss-reactive ketones (excluding diaryl/α,β-unsaturated/α-hetero) is 1. The summed E-state index contributed by atoms with van der Waals surface area (Å²) in [4.78, 5) is 25.3. The van der Waals surface area contributed by atoms with Gasteiger partial charge in [-0.1, -0.05) is 24.3 Å². The number of fused-ring (bicyclic) bond motifs is 1. The van der Waals surface area contributed by atoms with Gasteiger partial charge in [-0.2, -0.15) is 0 Å². The summed E-state index contributed by atoms with van der Waals surface area (Å²) in [6.45, 7) is 1.30. The third-order valence-corrected chi connectivity index (χ3v) is 7.74. The molecular formula is C26H25NO7S. The highest BCUT2D eigenvalue weighted by Gasteiger charge is 2.36. The van der Waals surface area contributed by atoms with Crippen molar-refractivity contribution in [1.29, 1.82) is 0 Å². The number of methoxy groups -OCH3 is 2. The molecule has 0 fully saturated rings.